The highest BCUT2D eigenvalue weighted by molar-refractivity contribution is 5.81. The number of alkyl halides is 2. The van der Waals surface area contributed by atoms with Crippen molar-refractivity contribution in [2.45, 2.75) is 63.7 Å². The summed E-state index contributed by atoms with van der Waals surface area (Å²) in [6.45, 7) is 0. The van der Waals surface area contributed by atoms with Crippen molar-refractivity contribution in [3.8, 4) is 0 Å². The maximum atomic E-state index is 12.9. The molecule has 0 amide bonds. The molecule has 0 aromatic rings. The van der Waals surface area contributed by atoms with Crippen LogP contribution in [0, 0.1) is 11.8 Å². The maximum Gasteiger partial charge on any atom is 0.248 e. The van der Waals surface area contributed by atoms with Crippen LogP contribution in [0.4, 0.5) is 8.78 Å². The first kappa shape index (κ1) is 12.0. The zero-order valence-electron chi connectivity index (χ0n) is 9.68. The molecule has 2 saturated carbocycles. The zero-order valence-corrected chi connectivity index (χ0v) is 9.68. The number of halogens is 2. The molecule has 0 bridgehead atoms. The number of hydrogen-bond acceptors (Lipinski definition) is 1. The Kier molecular flexibility index (Phi) is 3.60. The van der Waals surface area contributed by atoms with Crippen molar-refractivity contribution in [3.63, 3.8) is 0 Å². The van der Waals surface area contributed by atoms with Gasteiger partial charge in [-0.1, -0.05) is 25.7 Å². The Hall–Kier alpha value is -0.470. The second-order valence-electron chi connectivity index (χ2n) is 5.45. The number of ketones is 1. The van der Waals surface area contributed by atoms with Crippen LogP contribution in [-0.2, 0) is 4.79 Å². The smallest absolute Gasteiger partial charge is 0.248 e. The van der Waals surface area contributed by atoms with E-state index in [1.165, 1.54) is 12.8 Å². The third-order valence-corrected chi connectivity index (χ3v) is 4.14. The lowest BCUT2D eigenvalue weighted by atomic mass is 9.81. The first-order valence-electron chi connectivity index (χ1n) is 6.47. The van der Waals surface area contributed by atoms with E-state index >= 15 is 0 Å². The zero-order chi connectivity index (χ0) is 11.6. The summed E-state index contributed by atoms with van der Waals surface area (Å²) in [5.74, 6) is -1.78. The lowest BCUT2D eigenvalue weighted by Crippen LogP contribution is -2.29. The fourth-order valence-electron chi connectivity index (χ4n) is 3.03. The minimum Gasteiger partial charge on any atom is -0.299 e. The third-order valence-electron chi connectivity index (χ3n) is 4.14. The maximum absolute atomic E-state index is 12.9. The minimum atomic E-state index is -2.51. The van der Waals surface area contributed by atoms with Crippen molar-refractivity contribution in [2.24, 2.45) is 11.8 Å². The fraction of sp³-hybridized carbons (Fsp3) is 0.923. The van der Waals surface area contributed by atoms with E-state index in [-0.39, 0.29) is 24.5 Å². The Labute approximate surface area is 95.6 Å². The van der Waals surface area contributed by atoms with Crippen molar-refractivity contribution in [2.75, 3.05) is 0 Å². The van der Waals surface area contributed by atoms with E-state index in [2.05, 4.69) is 0 Å². The molecular formula is C13H20F2O. The number of carbonyl (C=O) groups is 1. The molecule has 3 heteroatoms. The van der Waals surface area contributed by atoms with Crippen LogP contribution >= 0.6 is 0 Å². The first-order chi connectivity index (χ1) is 7.57. The van der Waals surface area contributed by atoms with Gasteiger partial charge >= 0.3 is 0 Å². The van der Waals surface area contributed by atoms with Gasteiger partial charge in [-0.25, -0.2) is 8.78 Å². The largest absolute Gasteiger partial charge is 0.299 e. The van der Waals surface area contributed by atoms with Gasteiger partial charge in [0.15, 0.2) is 0 Å². The van der Waals surface area contributed by atoms with Gasteiger partial charge in [0, 0.05) is 25.2 Å². The van der Waals surface area contributed by atoms with E-state index in [0.717, 1.165) is 12.8 Å². The molecule has 0 aliphatic heterocycles. The van der Waals surface area contributed by atoms with Crippen molar-refractivity contribution in [3.05, 3.63) is 0 Å². The van der Waals surface area contributed by atoms with Gasteiger partial charge in [-0.15, -0.1) is 0 Å². The molecule has 0 spiro atoms. The quantitative estimate of drug-likeness (QED) is 0.717. The highest BCUT2D eigenvalue weighted by atomic mass is 19.3. The molecule has 0 aromatic carbocycles. The molecule has 2 aliphatic rings. The summed E-state index contributed by atoms with van der Waals surface area (Å²) in [7, 11) is 0. The summed E-state index contributed by atoms with van der Waals surface area (Å²) < 4.78 is 25.9. The molecule has 0 radical (unpaired) electrons. The molecule has 0 N–H and O–H groups in total. The number of rotatable bonds is 3. The van der Waals surface area contributed by atoms with Crippen LogP contribution in [0.5, 0.6) is 0 Å². The minimum absolute atomic E-state index is 0.0692. The lowest BCUT2D eigenvalue weighted by molar-refractivity contribution is -0.127. The Morgan fingerprint density at radius 3 is 2.19 bits per heavy atom. The Morgan fingerprint density at radius 2 is 1.62 bits per heavy atom. The summed E-state index contributed by atoms with van der Waals surface area (Å²) in [5, 5.41) is 0. The molecule has 2 fully saturated rings. The second kappa shape index (κ2) is 4.80. The number of carbonyl (C=O) groups excluding carboxylic acids is 1. The molecule has 0 saturated heterocycles. The Balaban J connectivity index is 1.77. The van der Waals surface area contributed by atoms with Crippen molar-refractivity contribution in [1.82, 2.24) is 0 Å². The lowest BCUT2D eigenvalue weighted by Gasteiger charge is -2.27. The van der Waals surface area contributed by atoms with E-state index in [9.17, 15) is 13.6 Å². The SMILES string of the molecule is O=C(CC1CCCC1)C1CCC(F)(F)CC1. The second-order valence-corrected chi connectivity index (χ2v) is 5.45. The molecular weight excluding hydrogens is 210 g/mol. The third kappa shape index (κ3) is 3.02. The molecule has 0 heterocycles. The van der Waals surface area contributed by atoms with E-state index < -0.39 is 5.92 Å². The van der Waals surface area contributed by atoms with Crippen molar-refractivity contribution in [1.29, 1.82) is 0 Å². The average molecular weight is 230 g/mol. The molecule has 2 rings (SSSR count). The van der Waals surface area contributed by atoms with Crippen LogP contribution in [0.25, 0.3) is 0 Å². The Morgan fingerprint density at radius 1 is 1.06 bits per heavy atom. The van der Waals surface area contributed by atoms with Crippen LogP contribution in [0.15, 0.2) is 0 Å². The summed E-state index contributed by atoms with van der Waals surface area (Å²) >= 11 is 0. The molecule has 16 heavy (non-hydrogen) atoms. The summed E-state index contributed by atoms with van der Waals surface area (Å²) in [5.41, 5.74) is 0. The van der Waals surface area contributed by atoms with Crippen LogP contribution in [0.3, 0.4) is 0 Å². The highest BCUT2D eigenvalue weighted by Gasteiger charge is 2.37. The molecule has 1 nitrogen and oxygen atoms in total. The predicted molar refractivity (Wildman–Crippen MR) is 58.5 cm³/mol. The summed E-state index contributed by atoms with van der Waals surface area (Å²) in [6.07, 6.45) is 6.07. The van der Waals surface area contributed by atoms with E-state index in [0.29, 0.717) is 25.2 Å². The van der Waals surface area contributed by atoms with E-state index in [1.807, 2.05) is 0 Å². The first-order valence-corrected chi connectivity index (χ1v) is 6.47. The van der Waals surface area contributed by atoms with Crippen molar-refractivity contribution >= 4 is 5.78 Å². The van der Waals surface area contributed by atoms with Crippen LogP contribution in [0.1, 0.15) is 57.8 Å². The van der Waals surface area contributed by atoms with Gasteiger partial charge in [0.05, 0.1) is 0 Å². The van der Waals surface area contributed by atoms with Gasteiger partial charge in [0.1, 0.15) is 5.78 Å². The highest BCUT2D eigenvalue weighted by Crippen LogP contribution is 2.38. The van der Waals surface area contributed by atoms with Gasteiger partial charge in [-0.2, -0.15) is 0 Å². The van der Waals surface area contributed by atoms with Crippen LogP contribution in [-0.4, -0.2) is 11.7 Å². The fourth-order valence-corrected chi connectivity index (χ4v) is 3.03. The van der Waals surface area contributed by atoms with Gasteiger partial charge < -0.3 is 0 Å². The van der Waals surface area contributed by atoms with E-state index in [1.54, 1.807) is 0 Å². The topological polar surface area (TPSA) is 17.1 Å². The molecule has 2 aliphatic carbocycles. The standard InChI is InChI=1S/C13H20F2O/c14-13(15)7-5-11(6-8-13)12(16)9-10-3-1-2-4-10/h10-11H,1-9H2. The molecule has 0 atom stereocenters. The predicted octanol–water partition coefficient (Wildman–Crippen LogP) is 3.96. The van der Waals surface area contributed by atoms with Gasteiger partial charge in [0.25, 0.3) is 0 Å². The summed E-state index contributed by atoms with van der Waals surface area (Å²) in [4.78, 5) is 11.9. The van der Waals surface area contributed by atoms with Crippen molar-refractivity contribution < 1.29 is 13.6 Å². The molecule has 92 valence electrons. The van der Waals surface area contributed by atoms with Gasteiger partial charge in [-0.3, -0.25) is 4.79 Å². The molecule has 0 aromatic heterocycles. The van der Waals surface area contributed by atoms with Gasteiger partial charge in [-0.05, 0) is 18.8 Å². The number of Topliss-reactive ketones (excluding diaryl/α,β-unsaturated/α-hetero) is 1. The van der Waals surface area contributed by atoms with Crippen LogP contribution in [0.2, 0.25) is 0 Å². The Bertz CT molecular complexity index is 247. The van der Waals surface area contributed by atoms with Crippen LogP contribution < -0.4 is 0 Å². The monoisotopic (exact) mass is 230 g/mol. The molecule has 0 unspecified atom stereocenters. The van der Waals surface area contributed by atoms with Gasteiger partial charge in [0.2, 0.25) is 5.92 Å². The van der Waals surface area contributed by atoms with E-state index in [4.69, 9.17) is 0 Å². The number of hydrogen-bond donors (Lipinski definition) is 0. The normalized spacial score (nSPS) is 27.1. The summed E-state index contributed by atoms with van der Waals surface area (Å²) in [6, 6.07) is 0. The average Bonchev–Trinajstić information content (AvgIpc) is 2.70.